The van der Waals surface area contributed by atoms with E-state index in [1.807, 2.05) is 0 Å². The van der Waals surface area contributed by atoms with Crippen LogP contribution in [0.25, 0.3) is 0 Å². The number of hydrogen-bond acceptors (Lipinski definition) is 6. The van der Waals surface area contributed by atoms with E-state index in [1.54, 1.807) is 0 Å². The van der Waals surface area contributed by atoms with Crippen molar-refractivity contribution in [3.8, 4) is 0 Å². The Morgan fingerprint density at radius 2 is 1.79 bits per heavy atom. The first-order valence-corrected chi connectivity index (χ1v) is 16.6. The number of rotatable bonds is 15. The Balaban J connectivity index is 1.45. The second-order valence-corrected chi connectivity index (χ2v) is 13.3. The third kappa shape index (κ3) is 9.50. The molecule has 0 radical (unpaired) electrons. The van der Waals surface area contributed by atoms with Gasteiger partial charge >= 0.3 is 5.97 Å². The van der Waals surface area contributed by atoms with Gasteiger partial charge in [-0.15, -0.1) is 0 Å². The summed E-state index contributed by atoms with van der Waals surface area (Å²) in [5.41, 5.74) is 0. The molecule has 0 aromatic carbocycles. The zero-order valence-electron chi connectivity index (χ0n) is 24.0. The van der Waals surface area contributed by atoms with Crippen LogP contribution >= 0.6 is 15.9 Å². The van der Waals surface area contributed by atoms with E-state index in [1.165, 1.54) is 12.8 Å². The molecule has 3 saturated heterocycles. The van der Waals surface area contributed by atoms with Gasteiger partial charge in [0.1, 0.15) is 0 Å². The summed E-state index contributed by atoms with van der Waals surface area (Å²) in [6, 6.07) is 0. The molecule has 1 aliphatic carbocycles. The maximum atomic E-state index is 11.0. The highest BCUT2D eigenvalue weighted by atomic mass is 79.9. The molecular formula is C31H51BrO7. The number of carbonyl (C=O) groups is 1. The smallest absolute Gasteiger partial charge is 0.303 e. The second kappa shape index (κ2) is 16.2. The predicted molar refractivity (Wildman–Crippen MR) is 154 cm³/mol. The summed E-state index contributed by atoms with van der Waals surface area (Å²) in [5, 5.41) is 9.02. The van der Waals surface area contributed by atoms with Crippen LogP contribution in [0.3, 0.4) is 0 Å². The highest BCUT2D eigenvalue weighted by Gasteiger charge is 2.51. The third-order valence-corrected chi connectivity index (χ3v) is 10.0. The molecule has 0 aromatic rings. The van der Waals surface area contributed by atoms with Gasteiger partial charge in [-0.3, -0.25) is 4.79 Å². The summed E-state index contributed by atoms with van der Waals surface area (Å²) in [6.07, 6.45) is 18.2. The van der Waals surface area contributed by atoms with E-state index in [2.05, 4.69) is 41.9 Å². The fraction of sp³-hybridized carbons (Fsp3) is 0.903. The maximum Gasteiger partial charge on any atom is 0.303 e. The van der Waals surface area contributed by atoms with Crippen molar-refractivity contribution < 1.29 is 33.6 Å². The Labute approximate surface area is 243 Å². The van der Waals surface area contributed by atoms with Gasteiger partial charge in [-0.1, -0.05) is 54.8 Å². The molecule has 7 nitrogen and oxygen atoms in total. The minimum absolute atomic E-state index is 0.0170. The number of alkyl halides is 1. The molecule has 39 heavy (non-hydrogen) atoms. The molecular weight excluding hydrogens is 564 g/mol. The first-order valence-electron chi connectivity index (χ1n) is 15.7. The van der Waals surface area contributed by atoms with E-state index < -0.39 is 5.97 Å². The molecule has 3 aliphatic heterocycles. The van der Waals surface area contributed by atoms with Crippen molar-refractivity contribution in [1.82, 2.24) is 0 Å². The van der Waals surface area contributed by atoms with Gasteiger partial charge in [-0.2, -0.15) is 0 Å². The van der Waals surface area contributed by atoms with E-state index >= 15 is 0 Å². The van der Waals surface area contributed by atoms with Crippen LogP contribution in [0.2, 0.25) is 0 Å². The van der Waals surface area contributed by atoms with Crippen LogP contribution in [0.4, 0.5) is 0 Å². The van der Waals surface area contributed by atoms with Crippen LogP contribution in [0.5, 0.6) is 0 Å². The van der Waals surface area contributed by atoms with Gasteiger partial charge in [0.15, 0.2) is 12.6 Å². The minimum atomic E-state index is -0.738. The van der Waals surface area contributed by atoms with Gasteiger partial charge in [-0.05, 0) is 76.0 Å². The molecule has 224 valence electrons. The Bertz CT molecular complexity index is 751. The summed E-state index contributed by atoms with van der Waals surface area (Å²) >= 11 is 3.82. The lowest BCUT2D eigenvalue weighted by atomic mass is 9.88. The highest BCUT2D eigenvalue weighted by Crippen LogP contribution is 2.48. The number of halogens is 1. The zero-order chi connectivity index (χ0) is 27.6. The van der Waals surface area contributed by atoms with Crippen molar-refractivity contribution in [1.29, 1.82) is 0 Å². The van der Waals surface area contributed by atoms with Gasteiger partial charge in [0, 0.05) is 36.8 Å². The van der Waals surface area contributed by atoms with Crippen molar-refractivity contribution >= 4 is 21.9 Å². The van der Waals surface area contributed by atoms with Gasteiger partial charge in [-0.25, -0.2) is 0 Å². The van der Waals surface area contributed by atoms with Crippen LogP contribution in [-0.4, -0.2) is 66.1 Å². The van der Waals surface area contributed by atoms with Crippen molar-refractivity contribution in [3.63, 3.8) is 0 Å². The maximum absolute atomic E-state index is 11.0. The molecule has 1 N–H and O–H groups in total. The fourth-order valence-electron chi connectivity index (χ4n) is 6.68. The fourth-order valence-corrected chi connectivity index (χ4v) is 7.35. The molecule has 1 saturated carbocycles. The standard InChI is InChI=1S/C31H51BrO7/c1-3-4-10-21(2)25(38-30-13-5-7-17-35-30)16-15-22-23-19-28(24(32)11-9-12-29(33)34)37-27(23)20-26(22)39-31-14-6-8-18-36-31/h15-16,21-28,30-31H,3-14,17-20H2,1-2H3,(H,33,34)/b16-15+/t21-,22+,23+,24?,25+,26+,27+,28?,30?,31?/m0/s1. The van der Waals surface area contributed by atoms with Gasteiger partial charge in [0.2, 0.25) is 0 Å². The van der Waals surface area contributed by atoms with E-state index in [4.69, 9.17) is 28.8 Å². The summed E-state index contributed by atoms with van der Waals surface area (Å²) < 4.78 is 31.7. The van der Waals surface area contributed by atoms with Crippen LogP contribution < -0.4 is 0 Å². The number of carboxylic acid groups (broad SMARTS) is 1. The molecule has 4 rings (SSSR count). The molecule has 8 heteroatoms. The summed E-state index contributed by atoms with van der Waals surface area (Å²) in [4.78, 5) is 11.1. The summed E-state index contributed by atoms with van der Waals surface area (Å²) in [5.74, 6) is 0.286. The number of ether oxygens (including phenoxy) is 5. The molecule has 4 unspecified atom stereocenters. The van der Waals surface area contributed by atoms with Crippen molar-refractivity contribution in [3.05, 3.63) is 12.2 Å². The average Bonchev–Trinajstić information content (AvgIpc) is 3.48. The Hall–Kier alpha value is -0.510. The van der Waals surface area contributed by atoms with E-state index in [0.29, 0.717) is 18.3 Å². The quantitative estimate of drug-likeness (QED) is 0.157. The lowest BCUT2D eigenvalue weighted by Crippen LogP contribution is -2.33. The molecule has 10 atom stereocenters. The Kier molecular flexibility index (Phi) is 13.1. The highest BCUT2D eigenvalue weighted by molar-refractivity contribution is 9.09. The van der Waals surface area contributed by atoms with Gasteiger partial charge < -0.3 is 28.8 Å². The normalized spacial score (nSPS) is 35.6. The van der Waals surface area contributed by atoms with Crippen molar-refractivity contribution in [2.75, 3.05) is 13.2 Å². The van der Waals surface area contributed by atoms with Crippen LogP contribution in [0.1, 0.15) is 104 Å². The lowest BCUT2D eigenvalue weighted by Gasteiger charge is -2.31. The van der Waals surface area contributed by atoms with E-state index in [0.717, 1.165) is 77.4 Å². The molecule has 4 aliphatic rings. The number of unbranched alkanes of at least 4 members (excludes halogenated alkanes) is 1. The first kappa shape index (κ1) is 31.4. The Morgan fingerprint density at radius 1 is 1.05 bits per heavy atom. The summed E-state index contributed by atoms with van der Waals surface area (Å²) in [6.45, 7) is 6.10. The SMILES string of the molecule is CCCC[C@H](C)[C@@H](/C=C/[C@@H]1[C@H]2CC(C(Br)CCCC(=O)O)O[C@@H]2C[C@H]1OC1CCCCO1)OC1CCCCO1. The molecule has 4 fully saturated rings. The number of hydrogen-bond donors (Lipinski definition) is 1. The molecule has 0 bridgehead atoms. The van der Waals surface area contributed by atoms with Crippen LogP contribution in [-0.2, 0) is 28.5 Å². The van der Waals surface area contributed by atoms with E-state index in [-0.39, 0.29) is 54.2 Å². The lowest BCUT2D eigenvalue weighted by molar-refractivity contribution is -0.194. The Morgan fingerprint density at radius 3 is 2.46 bits per heavy atom. The zero-order valence-corrected chi connectivity index (χ0v) is 25.6. The molecule has 0 amide bonds. The van der Waals surface area contributed by atoms with E-state index in [9.17, 15) is 4.79 Å². The number of fused-ring (bicyclic) bond motifs is 1. The van der Waals surface area contributed by atoms with Gasteiger partial charge in [0.05, 0.1) is 24.4 Å². The topological polar surface area (TPSA) is 83.5 Å². The van der Waals surface area contributed by atoms with Crippen molar-refractivity contribution in [2.24, 2.45) is 17.8 Å². The number of aliphatic carboxylic acids is 1. The summed E-state index contributed by atoms with van der Waals surface area (Å²) in [7, 11) is 0. The monoisotopic (exact) mass is 614 g/mol. The number of carboxylic acids is 1. The van der Waals surface area contributed by atoms with Gasteiger partial charge in [0.25, 0.3) is 0 Å². The van der Waals surface area contributed by atoms with Crippen LogP contribution in [0.15, 0.2) is 12.2 Å². The molecule has 3 heterocycles. The third-order valence-electron chi connectivity index (χ3n) is 9.00. The second-order valence-electron chi connectivity index (χ2n) is 12.1. The molecule has 0 aromatic heterocycles. The van der Waals surface area contributed by atoms with Crippen molar-refractivity contribution in [2.45, 2.75) is 146 Å². The first-order chi connectivity index (χ1) is 18.9. The predicted octanol–water partition coefficient (Wildman–Crippen LogP) is 7.00. The minimum Gasteiger partial charge on any atom is -0.481 e. The average molecular weight is 616 g/mol. The molecule has 0 spiro atoms. The largest absolute Gasteiger partial charge is 0.481 e. The van der Waals surface area contributed by atoms with Crippen LogP contribution in [0, 0.1) is 17.8 Å².